The molecule has 0 bridgehead atoms. The van der Waals surface area contributed by atoms with E-state index in [1.165, 1.54) is 4.88 Å². The van der Waals surface area contributed by atoms with Crippen molar-refractivity contribution in [2.75, 3.05) is 5.32 Å². The van der Waals surface area contributed by atoms with Crippen molar-refractivity contribution < 1.29 is 8.42 Å². The molecule has 0 aliphatic heterocycles. The van der Waals surface area contributed by atoms with E-state index < -0.39 is 10.0 Å². The van der Waals surface area contributed by atoms with Gasteiger partial charge in [-0.1, -0.05) is 12.1 Å². The number of anilines is 1. The largest absolute Gasteiger partial charge is 0.378 e. The standard InChI is InChI=1S/C13H17N3O2S2/c1-9-13(19-8-15-9)10(2)16-12-5-3-11(4-6-12)7-20(14,17)18/h3-6,8,10,16H,7H2,1-2H3,(H2,14,17,18). The number of nitrogens with zero attached hydrogens (tertiary/aromatic N) is 1. The van der Waals surface area contributed by atoms with Crippen molar-refractivity contribution in [1.82, 2.24) is 4.98 Å². The zero-order chi connectivity index (χ0) is 14.8. The number of hydrogen-bond donors (Lipinski definition) is 2. The molecule has 0 aliphatic carbocycles. The zero-order valence-electron chi connectivity index (χ0n) is 11.3. The smallest absolute Gasteiger partial charge is 0.213 e. The summed E-state index contributed by atoms with van der Waals surface area (Å²) in [4.78, 5) is 5.42. The fourth-order valence-corrected chi connectivity index (χ4v) is 3.44. The molecule has 0 aliphatic rings. The molecule has 20 heavy (non-hydrogen) atoms. The first-order chi connectivity index (χ1) is 9.35. The van der Waals surface area contributed by atoms with Gasteiger partial charge in [0.25, 0.3) is 0 Å². The molecule has 0 fully saturated rings. The lowest BCUT2D eigenvalue weighted by Crippen LogP contribution is -2.14. The van der Waals surface area contributed by atoms with E-state index in [4.69, 9.17) is 5.14 Å². The van der Waals surface area contributed by atoms with Gasteiger partial charge in [-0.3, -0.25) is 0 Å². The average Bonchev–Trinajstić information content (AvgIpc) is 2.76. The first-order valence-electron chi connectivity index (χ1n) is 6.11. The van der Waals surface area contributed by atoms with Crippen molar-refractivity contribution in [3.05, 3.63) is 45.9 Å². The number of benzene rings is 1. The van der Waals surface area contributed by atoms with E-state index in [0.29, 0.717) is 5.56 Å². The van der Waals surface area contributed by atoms with Crippen molar-refractivity contribution in [3.63, 3.8) is 0 Å². The van der Waals surface area contributed by atoms with Crippen molar-refractivity contribution >= 4 is 27.0 Å². The summed E-state index contributed by atoms with van der Waals surface area (Å²) in [5.74, 6) is -0.142. The molecular formula is C13H17N3O2S2. The summed E-state index contributed by atoms with van der Waals surface area (Å²) >= 11 is 1.62. The fraction of sp³-hybridized carbons (Fsp3) is 0.308. The van der Waals surface area contributed by atoms with Gasteiger partial charge in [-0.15, -0.1) is 11.3 Å². The summed E-state index contributed by atoms with van der Waals surface area (Å²) in [5, 5.41) is 8.38. The maximum absolute atomic E-state index is 11.0. The van der Waals surface area contributed by atoms with Gasteiger partial charge >= 0.3 is 0 Å². The normalized spacial score (nSPS) is 13.2. The van der Waals surface area contributed by atoms with Crippen LogP contribution < -0.4 is 10.5 Å². The van der Waals surface area contributed by atoms with Gasteiger partial charge in [-0.25, -0.2) is 18.5 Å². The van der Waals surface area contributed by atoms with Gasteiger partial charge in [0, 0.05) is 10.6 Å². The second-order valence-electron chi connectivity index (χ2n) is 4.67. The number of thiazole rings is 1. The first kappa shape index (κ1) is 15.0. The lowest BCUT2D eigenvalue weighted by molar-refractivity contribution is 0.597. The van der Waals surface area contributed by atoms with E-state index in [9.17, 15) is 8.42 Å². The minimum atomic E-state index is -3.48. The number of rotatable bonds is 5. The maximum atomic E-state index is 11.0. The molecule has 3 N–H and O–H groups in total. The van der Waals surface area contributed by atoms with Crippen LogP contribution in [0.15, 0.2) is 29.8 Å². The number of nitrogens with one attached hydrogen (secondary N) is 1. The second kappa shape index (κ2) is 5.90. The topological polar surface area (TPSA) is 85.1 Å². The fourth-order valence-electron chi connectivity index (χ4n) is 1.97. The Morgan fingerprint density at radius 1 is 1.35 bits per heavy atom. The van der Waals surface area contributed by atoms with Crippen LogP contribution >= 0.6 is 11.3 Å². The van der Waals surface area contributed by atoms with E-state index in [2.05, 4.69) is 17.2 Å². The lowest BCUT2D eigenvalue weighted by atomic mass is 10.2. The molecule has 5 nitrogen and oxygen atoms in total. The van der Waals surface area contributed by atoms with Gasteiger partial charge in [-0.05, 0) is 31.5 Å². The number of aromatic nitrogens is 1. The Labute approximate surface area is 122 Å². The van der Waals surface area contributed by atoms with Crippen LogP contribution in [0.1, 0.15) is 29.1 Å². The molecule has 0 saturated heterocycles. The van der Waals surface area contributed by atoms with Gasteiger partial charge in [0.2, 0.25) is 10.0 Å². The van der Waals surface area contributed by atoms with Gasteiger partial charge in [0.1, 0.15) is 0 Å². The molecule has 108 valence electrons. The minimum absolute atomic E-state index is 0.142. The van der Waals surface area contributed by atoms with Crippen LogP contribution in [0, 0.1) is 6.92 Å². The monoisotopic (exact) mass is 311 g/mol. The lowest BCUT2D eigenvalue weighted by Gasteiger charge is -2.14. The number of primary sulfonamides is 1. The first-order valence-corrected chi connectivity index (χ1v) is 8.70. The molecule has 1 heterocycles. The molecule has 1 atom stereocenters. The summed E-state index contributed by atoms with van der Waals surface area (Å²) in [6.45, 7) is 4.05. The predicted molar refractivity (Wildman–Crippen MR) is 82.1 cm³/mol. The molecule has 1 aromatic heterocycles. The highest BCUT2D eigenvalue weighted by atomic mass is 32.2. The average molecular weight is 311 g/mol. The van der Waals surface area contributed by atoms with Gasteiger partial charge in [0.05, 0.1) is 23.0 Å². The highest BCUT2D eigenvalue weighted by molar-refractivity contribution is 7.88. The van der Waals surface area contributed by atoms with E-state index in [-0.39, 0.29) is 11.8 Å². The molecule has 2 rings (SSSR count). The third kappa shape index (κ3) is 4.03. The highest BCUT2D eigenvalue weighted by Crippen LogP contribution is 2.25. The third-order valence-corrected chi connectivity index (χ3v) is 4.73. The SMILES string of the molecule is Cc1ncsc1C(C)Nc1ccc(CS(N)(=O)=O)cc1. The Balaban J connectivity index is 2.06. The van der Waals surface area contributed by atoms with E-state index in [1.54, 1.807) is 23.5 Å². The molecule has 0 amide bonds. The molecular weight excluding hydrogens is 294 g/mol. The number of aryl methyl sites for hydroxylation is 1. The number of hydrogen-bond acceptors (Lipinski definition) is 5. The quantitative estimate of drug-likeness (QED) is 0.888. The Morgan fingerprint density at radius 2 is 2.00 bits per heavy atom. The molecule has 0 saturated carbocycles. The molecule has 1 unspecified atom stereocenters. The Bertz CT molecular complexity index is 678. The van der Waals surface area contributed by atoms with Crippen LogP contribution in [-0.2, 0) is 15.8 Å². The maximum Gasteiger partial charge on any atom is 0.213 e. The van der Waals surface area contributed by atoms with Gasteiger partial charge < -0.3 is 5.32 Å². The second-order valence-corrected chi connectivity index (χ2v) is 7.17. The molecule has 0 radical (unpaired) electrons. The summed E-state index contributed by atoms with van der Waals surface area (Å²) in [6, 6.07) is 7.39. The van der Waals surface area contributed by atoms with E-state index in [1.807, 2.05) is 24.6 Å². The van der Waals surface area contributed by atoms with Crippen LogP contribution in [0.5, 0.6) is 0 Å². The van der Waals surface area contributed by atoms with Crippen molar-refractivity contribution in [1.29, 1.82) is 0 Å². The predicted octanol–water partition coefficient (Wildman–Crippen LogP) is 2.41. The van der Waals surface area contributed by atoms with Crippen molar-refractivity contribution in [3.8, 4) is 0 Å². The molecule has 0 spiro atoms. The minimum Gasteiger partial charge on any atom is -0.378 e. The van der Waals surface area contributed by atoms with E-state index in [0.717, 1.165) is 11.4 Å². The summed E-state index contributed by atoms with van der Waals surface area (Å²) < 4.78 is 22.0. The Hall–Kier alpha value is -1.44. The van der Waals surface area contributed by atoms with Crippen LogP contribution in [-0.4, -0.2) is 13.4 Å². The highest BCUT2D eigenvalue weighted by Gasteiger charge is 2.11. The van der Waals surface area contributed by atoms with Crippen LogP contribution in [0.2, 0.25) is 0 Å². The number of nitrogens with two attached hydrogens (primary N) is 1. The summed E-state index contributed by atoms with van der Waals surface area (Å²) in [5.41, 5.74) is 4.47. The zero-order valence-corrected chi connectivity index (χ0v) is 13.0. The van der Waals surface area contributed by atoms with Crippen LogP contribution in [0.4, 0.5) is 5.69 Å². The molecule has 2 aromatic rings. The van der Waals surface area contributed by atoms with Crippen LogP contribution in [0.3, 0.4) is 0 Å². The van der Waals surface area contributed by atoms with Crippen molar-refractivity contribution in [2.24, 2.45) is 5.14 Å². The van der Waals surface area contributed by atoms with Crippen LogP contribution in [0.25, 0.3) is 0 Å². The number of sulfonamides is 1. The molecule has 1 aromatic carbocycles. The summed E-state index contributed by atoms with van der Waals surface area (Å²) in [6.07, 6.45) is 0. The van der Waals surface area contributed by atoms with Crippen molar-refractivity contribution in [2.45, 2.75) is 25.6 Å². The van der Waals surface area contributed by atoms with Gasteiger partial charge in [0.15, 0.2) is 0 Å². The summed E-state index contributed by atoms with van der Waals surface area (Å²) in [7, 11) is -3.48. The van der Waals surface area contributed by atoms with E-state index >= 15 is 0 Å². The molecule has 7 heteroatoms. The third-order valence-electron chi connectivity index (χ3n) is 2.88. The van der Waals surface area contributed by atoms with Gasteiger partial charge in [-0.2, -0.15) is 0 Å². The Morgan fingerprint density at radius 3 is 2.50 bits per heavy atom. The Kier molecular flexibility index (Phi) is 4.42.